The lowest BCUT2D eigenvalue weighted by Crippen LogP contribution is -2.12. The van der Waals surface area contributed by atoms with Gasteiger partial charge in [-0.25, -0.2) is 8.42 Å². The third-order valence-corrected chi connectivity index (χ3v) is 6.73. The second-order valence-corrected chi connectivity index (χ2v) is 9.01. The predicted octanol–water partition coefficient (Wildman–Crippen LogP) is 3.06. The van der Waals surface area contributed by atoms with E-state index in [1.807, 2.05) is 30.3 Å². The molecule has 1 aromatic heterocycles. The molecule has 0 saturated heterocycles. The molecule has 0 spiro atoms. The normalized spacial score (nSPS) is 11.4. The van der Waals surface area contributed by atoms with Crippen molar-refractivity contribution in [2.45, 2.75) is 9.24 Å². The van der Waals surface area contributed by atoms with Crippen molar-refractivity contribution in [1.29, 1.82) is 0 Å². The summed E-state index contributed by atoms with van der Waals surface area (Å²) in [5.74, 6) is 0.711. The average Bonchev–Trinajstić information content (AvgIpc) is 3.07. The molecule has 0 atom stereocenters. The standard InChI is InChI=1S/C16H16N4O2S3/c17-10-11-23-16-19-18-15(24-16)20-25(21,22)14-8-6-13(7-9-14)12-4-2-1-3-5-12/h1-9H,10-11,17H2,(H,18,20). The van der Waals surface area contributed by atoms with Crippen molar-refractivity contribution in [2.75, 3.05) is 17.0 Å². The molecular formula is C16H16N4O2S3. The maximum atomic E-state index is 12.5. The van der Waals surface area contributed by atoms with Gasteiger partial charge >= 0.3 is 0 Å². The Labute approximate surface area is 154 Å². The lowest BCUT2D eigenvalue weighted by atomic mass is 10.1. The molecule has 2 aromatic carbocycles. The third kappa shape index (κ3) is 4.57. The van der Waals surface area contributed by atoms with Gasteiger partial charge in [-0.1, -0.05) is 65.6 Å². The molecular weight excluding hydrogens is 376 g/mol. The summed E-state index contributed by atoms with van der Waals surface area (Å²) in [6, 6.07) is 16.5. The number of nitrogens with two attached hydrogens (primary N) is 1. The number of sulfonamides is 1. The minimum atomic E-state index is -3.70. The molecule has 3 rings (SSSR count). The molecule has 0 aliphatic carbocycles. The van der Waals surface area contributed by atoms with Crippen LogP contribution in [-0.4, -0.2) is 30.9 Å². The van der Waals surface area contributed by atoms with Gasteiger partial charge in [0.05, 0.1) is 4.90 Å². The van der Waals surface area contributed by atoms with Gasteiger partial charge in [0.15, 0.2) is 4.34 Å². The van der Waals surface area contributed by atoms with Crippen LogP contribution in [0.25, 0.3) is 11.1 Å². The molecule has 1 heterocycles. The highest BCUT2D eigenvalue weighted by molar-refractivity contribution is 8.01. The van der Waals surface area contributed by atoms with E-state index in [9.17, 15) is 8.42 Å². The summed E-state index contributed by atoms with van der Waals surface area (Å²) in [6.07, 6.45) is 0. The highest BCUT2D eigenvalue weighted by atomic mass is 32.2. The highest BCUT2D eigenvalue weighted by Crippen LogP contribution is 2.27. The van der Waals surface area contributed by atoms with Crippen molar-refractivity contribution in [3.63, 3.8) is 0 Å². The number of hydrogen-bond acceptors (Lipinski definition) is 7. The van der Waals surface area contributed by atoms with Crippen molar-refractivity contribution in [3.8, 4) is 11.1 Å². The first-order chi connectivity index (χ1) is 12.1. The maximum absolute atomic E-state index is 12.5. The van der Waals surface area contributed by atoms with E-state index in [1.165, 1.54) is 23.1 Å². The maximum Gasteiger partial charge on any atom is 0.263 e. The van der Waals surface area contributed by atoms with Gasteiger partial charge in [0.2, 0.25) is 5.13 Å². The SMILES string of the molecule is NCCSc1nnc(NS(=O)(=O)c2ccc(-c3ccccc3)cc2)s1. The number of nitrogens with one attached hydrogen (secondary N) is 1. The van der Waals surface area contributed by atoms with Crippen molar-refractivity contribution >= 4 is 38.3 Å². The molecule has 0 amide bonds. The molecule has 0 aliphatic heterocycles. The topological polar surface area (TPSA) is 98.0 Å². The number of rotatable bonds is 7. The number of hydrogen-bond donors (Lipinski definition) is 2. The van der Waals surface area contributed by atoms with Crippen LogP contribution in [0, 0.1) is 0 Å². The van der Waals surface area contributed by atoms with E-state index in [-0.39, 0.29) is 10.0 Å². The summed E-state index contributed by atoms with van der Waals surface area (Å²) in [6.45, 7) is 0.527. The number of benzene rings is 2. The summed E-state index contributed by atoms with van der Waals surface area (Å²) in [7, 11) is -3.70. The van der Waals surface area contributed by atoms with Gasteiger partial charge in [0.25, 0.3) is 10.0 Å². The van der Waals surface area contributed by atoms with Crippen LogP contribution in [0.5, 0.6) is 0 Å². The monoisotopic (exact) mass is 392 g/mol. The van der Waals surface area contributed by atoms with E-state index >= 15 is 0 Å². The largest absolute Gasteiger partial charge is 0.330 e. The summed E-state index contributed by atoms with van der Waals surface area (Å²) in [5.41, 5.74) is 7.43. The number of aromatic nitrogens is 2. The van der Waals surface area contributed by atoms with Gasteiger partial charge in [-0.05, 0) is 23.3 Å². The van der Waals surface area contributed by atoms with Crippen LogP contribution in [0.1, 0.15) is 0 Å². The van der Waals surface area contributed by atoms with Crippen molar-refractivity contribution < 1.29 is 8.42 Å². The van der Waals surface area contributed by atoms with Gasteiger partial charge < -0.3 is 5.73 Å². The van der Waals surface area contributed by atoms with Crippen LogP contribution in [0.3, 0.4) is 0 Å². The molecule has 0 radical (unpaired) electrons. The van der Waals surface area contributed by atoms with E-state index in [4.69, 9.17) is 5.73 Å². The first kappa shape index (κ1) is 17.9. The molecule has 0 fully saturated rings. The zero-order valence-electron chi connectivity index (χ0n) is 13.1. The van der Waals surface area contributed by atoms with Crippen LogP contribution < -0.4 is 10.5 Å². The fourth-order valence-electron chi connectivity index (χ4n) is 2.09. The van der Waals surface area contributed by atoms with Gasteiger partial charge in [0, 0.05) is 12.3 Å². The highest BCUT2D eigenvalue weighted by Gasteiger charge is 2.17. The Morgan fingerprint density at radius 1 is 1.00 bits per heavy atom. The molecule has 3 aromatic rings. The average molecular weight is 393 g/mol. The smallest absolute Gasteiger partial charge is 0.263 e. The van der Waals surface area contributed by atoms with E-state index < -0.39 is 10.0 Å². The second kappa shape index (κ2) is 7.96. The van der Waals surface area contributed by atoms with Gasteiger partial charge in [0.1, 0.15) is 0 Å². The number of nitrogens with zero attached hydrogens (tertiary/aromatic N) is 2. The Bertz CT molecular complexity index is 926. The summed E-state index contributed by atoms with van der Waals surface area (Å²) in [5, 5.41) is 8.04. The number of thioether (sulfide) groups is 1. The molecule has 0 aliphatic rings. The molecule has 6 nitrogen and oxygen atoms in total. The zero-order valence-corrected chi connectivity index (χ0v) is 15.6. The molecule has 9 heteroatoms. The van der Waals surface area contributed by atoms with Gasteiger partial charge in [-0.3, -0.25) is 4.72 Å². The van der Waals surface area contributed by atoms with E-state index in [0.29, 0.717) is 16.6 Å². The van der Waals surface area contributed by atoms with Crippen LogP contribution in [0.4, 0.5) is 5.13 Å². The van der Waals surface area contributed by atoms with Crippen molar-refractivity contribution in [2.24, 2.45) is 5.73 Å². The molecule has 130 valence electrons. The van der Waals surface area contributed by atoms with Crippen molar-refractivity contribution in [3.05, 3.63) is 54.6 Å². The van der Waals surface area contributed by atoms with Crippen LogP contribution in [-0.2, 0) is 10.0 Å². The van der Waals surface area contributed by atoms with E-state index in [2.05, 4.69) is 14.9 Å². The predicted molar refractivity (Wildman–Crippen MR) is 102 cm³/mol. The molecule has 0 saturated carbocycles. The fraction of sp³-hybridized carbons (Fsp3) is 0.125. The van der Waals surface area contributed by atoms with Crippen LogP contribution >= 0.6 is 23.1 Å². The first-order valence-corrected chi connectivity index (χ1v) is 10.7. The Morgan fingerprint density at radius 2 is 1.68 bits per heavy atom. The Balaban J connectivity index is 1.75. The van der Waals surface area contributed by atoms with E-state index in [1.54, 1.807) is 24.3 Å². The van der Waals surface area contributed by atoms with Crippen LogP contribution in [0.2, 0.25) is 0 Å². The molecule has 3 N–H and O–H groups in total. The zero-order chi connectivity index (χ0) is 17.7. The Hall–Kier alpha value is -1.94. The van der Waals surface area contributed by atoms with Crippen LogP contribution in [0.15, 0.2) is 63.8 Å². The minimum Gasteiger partial charge on any atom is -0.330 e. The lowest BCUT2D eigenvalue weighted by Gasteiger charge is -2.06. The quantitative estimate of drug-likeness (QED) is 0.600. The first-order valence-electron chi connectivity index (χ1n) is 7.43. The fourth-order valence-corrected chi connectivity index (χ4v) is 4.91. The molecule has 25 heavy (non-hydrogen) atoms. The molecule has 0 unspecified atom stereocenters. The van der Waals surface area contributed by atoms with E-state index in [0.717, 1.165) is 11.1 Å². The Kier molecular flexibility index (Phi) is 5.69. The Morgan fingerprint density at radius 3 is 2.36 bits per heavy atom. The third-order valence-electron chi connectivity index (χ3n) is 3.24. The summed E-state index contributed by atoms with van der Waals surface area (Å²) in [4.78, 5) is 0.179. The van der Waals surface area contributed by atoms with Crippen molar-refractivity contribution in [1.82, 2.24) is 10.2 Å². The van der Waals surface area contributed by atoms with Gasteiger partial charge in [-0.2, -0.15) is 0 Å². The second-order valence-electron chi connectivity index (χ2n) is 5.01. The lowest BCUT2D eigenvalue weighted by molar-refractivity contribution is 0.601. The summed E-state index contributed by atoms with van der Waals surface area (Å²) < 4.78 is 28.1. The minimum absolute atomic E-state index is 0.179. The number of anilines is 1. The summed E-state index contributed by atoms with van der Waals surface area (Å²) >= 11 is 2.64. The molecule has 0 bridgehead atoms. The van der Waals surface area contributed by atoms with Gasteiger partial charge in [-0.15, -0.1) is 10.2 Å².